The monoisotopic (exact) mass is 560 g/mol. The molecule has 6 aromatic carbocycles. The van der Waals surface area contributed by atoms with Gasteiger partial charge >= 0.3 is 0 Å². The number of benzene rings is 6. The molecular weight excluding hydrogens is 524 g/mol. The molecule has 0 spiro atoms. The van der Waals surface area contributed by atoms with E-state index in [0.29, 0.717) is 12.8 Å². The van der Waals surface area contributed by atoms with Gasteiger partial charge in [-0.1, -0.05) is 121 Å². The Bertz CT molecular complexity index is 1650. The van der Waals surface area contributed by atoms with Crippen LogP contribution in [0, 0.1) is 0 Å². The van der Waals surface area contributed by atoms with E-state index in [1.165, 1.54) is 22.3 Å². The third-order valence-electron chi connectivity index (χ3n) is 7.96. The van der Waals surface area contributed by atoms with Gasteiger partial charge in [-0.05, 0) is 70.5 Å². The Kier molecular flexibility index (Phi) is 8.51. The molecule has 3 nitrogen and oxygen atoms in total. The highest BCUT2D eigenvalue weighted by atomic mass is 16.5. The predicted octanol–water partition coefficient (Wildman–Crippen LogP) is 9.01. The first kappa shape index (κ1) is 27.9. The Labute approximate surface area is 254 Å². The highest BCUT2D eigenvalue weighted by molar-refractivity contribution is 5.63. The first-order chi connectivity index (χ1) is 21.1. The summed E-state index contributed by atoms with van der Waals surface area (Å²) >= 11 is 0. The molecule has 43 heavy (non-hydrogen) atoms. The van der Waals surface area contributed by atoms with Crippen LogP contribution >= 0.6 is 0 Å². The zero-order valence-electron chi connectivity index (χ0n) is 24.2. The normalized spacial score (nSPS) is 10.9. The summed E-state index contributed by atoms with van der Waals surface area (Å²) in [7, 11) is 0. The molecule has 4 N–H and O–H groups in total. The van der Waals surface area contributed by atoms with Crippen LogP contribution in [0.5, 0.6) is 11.5 Å². The smallest absolute Gasteiger partial charge is 0.131 e. The van der Waals surface area contributed by atoms with Crippen molar-refractivity contribution >= 4 is 11.4 Å². The lowest BCUT2D eigenvalue weighted by Gasteiger charge is -2.22. The van der Waals surface area contributed by atoms with E-state index in [1.807, 2.05) is 48.5 Å². The fraction of sp³-hybridized carbons (Fsp3) is 0.100. The molecule has 0 heterocycles. The number of hydrogen-bond acceptors (Lipinski definition) is 3. The number of hydrogen-bond donors (Lipinski definition) is 2. The van der Waals surface area contributed by atoms with Gasteiger partial charge in [-0.3, -0.25) is 0 Å². The van der Waals surface area contributed by atoms with Gasteiger partial charge in [0.05, 0.1) is 0 Å². The number of rotatable bonds is 10. The van der Waals surface area contributed by atoms with Crippen molar-refractivity contribution in [3.8, 4) is 11.5 Å². The summed E-state index contributed by atoms with van der Waals surface area (Å²) in [4.78, 5) is 0. The molecule has 0 aromatic heterocycles. The van der Waals surface area contributed by atoms with Crippen molar-refractivity contribution < 1.29 is 4.74 Å². The summed E-state index contributed by atoms with van der Waals surface area (Å²) in [5.74, 6) is 1.63. The molecular formula is C40H36N2O. The fourth-order valence-corrected chi connectivity index (χ4v) is 5.69. The highest BCUT2D eigenvalue weighted by Gasteiger charge is 2.19. The van der Waals surface area contributed by atoms with Gasteiger partial charge in [-0.25, -0.2) is 0 Å². The summed E-state index contributed by atoms with van der Waals surface area (Å²) in [6.45, 7) is 0. The van der Waals surface area contributed by atoms with E-state index in [-0.39, 0.29) is 0 Å². The van der Waals surface area contributed by atoms with Crippen molar-refractivity contribution in [3.05, 3.63) is 190 Å². The van der Waals surface area contributed by atoms with Gasteiger partial charge in [0, 0.05) is 35.3 Å². The average molecular weight is 561 g/mol. The maximum absolute atomic E-state index is 6.94. The van der Waals surface area contributed by atoms with Crippen molar-refractivity contribution in [3.63, 3.8) is 0 Å². The van der Waals surface area contributed by atoms with Crippen LogP contribution in [0.25, 0.3) is 0 Å². The minimum atomic E-state index is 0.712. The van der Waals surface area contributed by atoms with Crippen molar-refractivity contribution in [2.75, 3.05) is 11.5 Å². The van der Waals surface area contributed by atoms with Crippen LogP contribution in [-0.4, -0.2) is 0 Å². The molecule has 0 saturated carbocycles. The summed E-state index contributed by atoms with van der Waals surface area (Å²) in [5.41, 5.74) is 24.1. The van der Waals surface area contributed by atoms with E-state index in [1.54, 1.807) is 0 Å². The molecule has 6 aromatic rings. The van der Waals surface area contributed by atoms with Crippen LogP contribution in [0.15, 0.2) is 146 Å². The van der Waals surface area contributed by atoms with Crippen molar-refractivity contribution in [1.82, 2.24) is 0 Å². The second-order valence-corrected chi connectivity index (χ2v) is 11.0. The van der Waals surface area contributed by atoms with Gasteiger partial charge in [-0.15, -0.1) is 0 Å². The van der Waals surface area contributed by atoms with Crippen LogP contribution in [0.1, 0.15) is 44.5 Å². The van der Waals surface area contributed by atoms with Crippen LogP contribution in [0.3, 0.4) is 0 Å². The zero-order chi connectivity index (χ0) is 29.4. The van der Waals surface area contributed by atoms with E-state index in [9.17, 15) is 0 Å². The zero-order valence-corrected chi connectivity index (χ0v) is 24.2. The third kappa shape index (κ3) is 6.79. The van der Waals surface area contributed by atoms with Crippen molar-refractivity contribution in [1.29, 1.82) is 0 Å². The average Bonchev–Trinajstić information content (AvgIpc) is 3.05. The van der Waals surface area contributed by atoms with Gasteiger partial charge in [-0.2, -0.15) is 0 Å². The molecule has 3 heteroatoms. The first-order valence-corrected chi connectivity index (χ1v) is 14.8. The Balaban J connectivity index is 1.46. The molecule has 0 aliphatic heterocycles. The summed E-state index contributed by atoms with van der Waals surface area (Å²) in [5, 5.41) is 0. The first-order valence-electron chi connectivity index (χ1n) is 14.8. The third-order valence-corrected chi connectivity index (χ3v) is 7.96. The standard InChI is InChI=1S/C40H36N2O/c41-37-21-23-39(35(27-31-17-9-3-10-18-31)33(37)25-29-13-5-1-6-14-29)43-40-24-22-38(42)34(26-30-15-7-2-8-16-30)36(40)28-32-19-11-4-12-20-32/h1-24H,25-28,41-42H2. The molecule has 212 valence electrons. The van der Waals surface area contributed by atoms with Gasteiger partial charge in [0.15, 0.2) is 0 Å². The van der Waals surface area contributed by atoms with E-state index in [0.717, 1.165) is 58.0 Å². The maximum atomic E-state index is 6.94. The fourth-order valence-electron chi connectivity index (χ4n) is 5.69. The van der Waals surface area contributed by atoms with Gasteiger partial charge in [0.1, 0.15) is 11.5 Å². The topological polar surface area (TPSA) is 61.3 Å². The van der Waals surface area contributed by atoms with Crippen LogP contribution in [-0.2, 0) is 25.7 Å². The molecule has 0 amide bonds. The molecule has 6 rings (SSSR count). The number of anilines is 2. The van der Waals surface area contributed by atoms with Crippen LogP contribution in [0.4, 0.5) is 11.4 Å². The summed E-state index contributed by atoms with van der Waals surface area (Å²) in [6, 6.07) is 49.9. The van der Waals surface area contributed by atoms with Crippen molar-refractivity contribution in [2.45, 2.75) is 25.7 Å². The van der Waals surface area contributed by atoms with E-state index in [2.05, 4.69) is 97.1 Å². The maximum Gasteiger partial charge on any atom is 0.131 e. The van der Waals surface area contributed by atoms with Gasteiger partial charge in [0.25, 0.3) is 0 Å². The van der Waals surface area contributed by atoms with E-state index >= 15 is 0 Å². The molecule has 0 fully saturated rings. The number of ether oxygens (including phenoxy) is 1. The lowest BCUT2D eigenvalue weighted by Crippen LogP contribution is -2.07. The minimum Gasteiger partial charge on any atom is -0.457 e. The lowest BCUT2D eigenvalue weighted by molar-refractivity contribution is 0.471. The second kappa shape index (κ2) is 13.1. The van der Waals surface area contributed by atoms with E-state index in [4.69, 9.17) is 16.2 Å². The Morgan fingerprint density at radius 1 is 0.326 bits per heavy atom. The van der Waals surface area contributed by atoms with Crippen LogP contribution < -0.4 is 16.2 Å². The highest BCUT2D eigenvalue weighted by Crippen LogP contribution is 2.38. The Morgan fingerprint density at radius 3 is 0.907 bits per heavy atom. The second-order valence-electron chi connectivity index (χ2n) is 11.0. The van der Waals surface area contributed by atoms with Crippen LogP contribution in [0.2, 0.25) is 0 Å². The molecule has 0 bridgehead atoms. The largest absolute Gasteiger partial charge is 0.457 e. The Morgan fingerprint density at radius 2 is 0.605 bits per heavy atom. The SMILES string of the molecule is Nc1ccc(Oc2ccc(N)c(Cc3ccccc3)c2Cc2ccccc2)c(Cc2ccccc2)c1Cc1ccccc1. The minimum absolute atomic E-state index is 0.712. The van der Waals surface area contributed by atoms with Gasteiger partial charge < -0.3 is 16.2 Å². The Hall–Kier alpha value is -5.28. The number of nitrogens with two attached hydrogens (primary N) is 2. The number of nitrogen functional groups attached to an aromatic ring is 2. The quantitative estimate of drug-likeness (QED) is 0.164. The van der Waals surface area contributed by atoms with E-state index < -0.39 is 0 Å². The molecule has 0 aliphatic rings. The lowest BCUT2D eigenvalue weighted by atomic mass is 9.92. The molecule has 0 radical (unpaired) electrons. The molecule has 0 aliphatic carbocycles. The predicted molar refractivity (Wildman–Crippen MR) is 179 cm³/mol. The molecule has 0 atom stereocenters. The molecule has 0 saturated heterocycles. The molecule has 0 unspecified atom stereocenters. The van der Waals surface area contributed by atoms with Crippen molar-refractivity contribution in [2.24, 2.45) is 0 Å². The van der Waals surface area contributed by atoms with Gasteiger partial charge in [0.2, 0.25) is 0 Å². The summed E-state index contributed by atoms with van der Waals surface area (Å²) < 4.78 is 6.94. The summed E-state index contributed by atoms with van der Waals surface area (Å²) in [6.07, 6.45) is 2.88.